The van der Waals surface area contributed by atoms with Crippen LogP contribution in [0.1, 0.15) is 32.1 Å². The molecule has 0 saturated heterocycles. The number of hydrogen-bond acceptors (Lipinski definition) is 5. The maximum atomic E-state index is 13.4. The van der Waals surface area contributed by atoms with Crippen LogP contribution in [0.15, 0.2) is 51.2 Å². The summed E-state index contributed by atoms with van der Waals surface area (Å²) in [4.78, 5) is 13.4. The van der Waals surface area contributed by atoms with Crippen LogP contribution in [-0.4, -0.2) is 19.8 Å². The largest absolute Gasteiger partial charge is 0.489 e. The van der Waals surface area contributed by atoms with Gasteiger partial charge in [-0.25, -0.2) is 0 Å². The fourth-order valence-electron chi connectivity index (χ4n) is 3.62. The zero-order valence-corrected chi connectivity index (χ0v) is 17.8. The summed E-state index contributed by atoms with van der Waals surface area (Å²) < 4.78 is 23.3. The fourth-order valence-corrected chi connectivity index (χ4v) is 3.62. The van der Waals surface area contributed by atoms with E-state index in [0.29, 0.717) is 53.6 Å². The molecule has 1 aromatic heterocycles. The van der Waals surface area contributed by atoms with Gasteiger partial charge in [0.2, 0.25) is 5.43 Å². The molecule has 0 radical (unpaired) electrons. The highest BCUT2D eigenvalue weighted by atomic mass is 16.6. The minimum atomic E-state index is -0.0593. The Balaban J connectivity index is 1.81. The third-order valence-electron chi connectivity index (χ3n) is 5.19. The van der Waals surface area contributed by atoms with E-state index in [9.17, 15) is 4.79 Å². The predicted molar refractivity (Wildman–Crippen MR) is 118 cm³/mol. The van der Waals surface area contributed by atoms with Crippen LogP contribution in [0.3, 0.4) is 0 Å². The summed E-state index contributed by atoms with van der Waals surface area (Å²) in [5.41, 5.74) is 3.95. The van der Waals surface area contributed by atoms with Crippen LogP contribution in [-0.2, 0) is 6.42 Å². The second-order valence-corrected chi connectivity index (χ2v) is 7.62. The normalized spacial score (nSPS) is 12.7. The van der Waals surface area contributed by atoms with Gasteiger partial charge in [-0.05, 0) is 62.6 Å². The molecule has 3 aromatic rings. The molecule has 156 valence electrons. The molecule has 0 bridgehead atoms. The lowest BCUT2D eigenvalue weighted by atomic mass is 10.00. The number of rotatable bonds is 5. The highest BCUT2D eigenvalue weighted by Crippen LogP contribution is 2.36. The van der Waals surface area contributed by atoms with Gasteiger partial charge in [0, 0.05) is 6.07 Å². The monoisotopic (exact) mass is 406 g/mol. The molecule has 4 rings (SSSR count). The zero-order chi connectivity index (χ0) is 21.3. The van der Waals surface area contributed by atoms with Crippen molar-refractivity contribution in [2.75, 3.05) is 19.8 Å². The van der Waals surface area contributed by atoms with E-state index >= 15 is 0 Å². The van der Waals surface area contributed by atoms with Crippen molar-refractivity contribution in [3.63, 3.8) is 0 Å². The molecule has 0 N–H and O–H groups in total. The number of benzene rings is 2. The topological polar surface area (TPSA) is 57.9 Å². The molecule has 5 nitrogen and oxygen atoms in total. The van der Waals surface area contributed by atoms with E-state index in [0.717, 1.165) is 23.3 Å². The molecule has 0 unspecified atom stereocenters. The second kappa shape index (κ2) is 8.27. The molecule has 2 aromatic carbocycles. The van der Waals surface area contributed by atoms with Gasteiger partial charge in [0.25, 0.3) is 0 Å². The van der Waals surface area contributed by atoms with Gasteiger partial charge in [-0.15, -0.1) is 0 Å². The number of hydrogen-bond donors (Lipinski definition) is 0. The standard InChI is InChI=1S/C25H26O5/c1-5-17-12-19-22(14-21(17)27-9-8-15(2)3)30-16(4)24(25(19)26)18-6-7-20-23(13-18)29-11-10-28-20/h6-8,12-14H,5,9-11H2,1-4H3. The van der Waals surface area contributed by atoms with E-state index < -0.39 is 0 Å². The van der Waals surface area contributed by atoms with Crippen molar-refractivity contribution in [1.29, 1.82) is 0 Å². The average Bonchev–Trinajstić information content (AvgIpc) is 2.73. The van der Waals surface area contributed by atoms with Crippen molar-refractivity contribution < 1.29 is 18.6 Å². The Morgan fingerprint density at radius 1 is 1.10 bits per heavy atom. The van der Waals surface area contributed by atoms with E-state index in [4.69, 9.17) is 18.6 Å². The van der Waals surface area contributed by atoms with Gasteiger partial charge < -0.3 is 18.6 Å². The fraction of sp³-hybridized carbons (Fsp3) is 0.320. The van der Waals surface area contributed by atoms with E-state index in [1.807, 2.05) is 64.1 Å². The van der Waals surface area contributed by atoms with Crippen LogP contribution in [0.25, 0.3) is 22.1 Å². The summed E-state index contributed by atoms with van der Waals surface area (Å²) in [6, 6.07) is 9.27. The first kappa shape index (κ1) is 20.1. The van der Waals surface area contributed by atoms with Crippen molar-refractivity contribution in [1.82, 2.24) is 0 Å². The van der Waals surface area contributed by atoms with Gasteiger partial charge in [0.15, 0.2) is 11.5 Å². The van der Waals surface area contributed by atoms with Crippen LogP contribution in [0.2, 0.25) is 0 Å². The molecular weight excluding hydrogens is 380 g/mol. The maximum Gasteiger partial charge on any atom is 0.200 e. The summed E-state index contributed by atoms with van der Waals surface area (Å²) in [5, 5.41) is 0.553. The first-order valence-corrected chi connectivity index (χ1v) is 10.2. The Morgan fingerprint density at radius 3 is 2.60 bits per heavy atom. The lowest BCUT2D eigenvalue weighted by molar-refractivity contribution is 0.171. The SMILES string of the molecule is CCc1cc2c(=O)c(-c3ccc4c(c3)OCCO4)c(C)oc2cc1OCC=C(C)C. The lowest BCUT2D eigenvalue weighted by Crippen LogP contribution is -2.15. The summed E-state index contributed by atoms with van der Waals surface area (Å²) in [6.45, 7) is 9.44. The van der Waals surface area contributed by atoms with Crippen LogP contribution in [0, 0.1) is 6.92 Å². The first-order chi connectivity index (χ1) is 14.5. The summed E-state index contributed by atoms with van der Waals surface area (Å²) >= 11 is 0. The molecule has 0 saturated carbocycles. The molecule has 5 heteroatoms. The van der Waals surface area contributed by atoms with Crippen molar-refractivity contribution in [3.05, 3.63) is 63.5 Å². The van der Waals surface area contributed by atoms with Crippen LogP contribution >= 0.6 is 0 Å². The van der Waals surface area contributed by atoms with Crippen molar-refractivity contribution >= 4 is 11.0 Å². The summed E-state index contributed by atoms with van der Waals surface area (Å²) in [7, 11) is 0. The molecule has 0 aliphatic carbocycles. The molecule has 2 heterocycles. The summed E-state index contributed by atoms with van der Waals surface area (Å²) in [5.74, 6) is 2.65. The highest BCUT2D eigenvalue weighted by molar-refractivity contribution is 5.85. The van der Waals surface area contributed by atoms with Crippen LogP contribution in [0.5, 0.6) is 17.2 Å². The van der Waals surface area contributed by atoms with Gasteiger partial charge in [-0.2, -0.15) is 0 Å². The minimum Gasteiger partial charge on any atom is -0.489 e. The highest BCUT2D eigenvalue weighted by Gasteiger charge is 2.19. The molecule has 0 spiro atoms. The second-order valence-electron chi connectivity index (χ2n) is 7.62. The van der Waals surface area contributed by atoms with Crippen molar-refractivity contribution in [3.8, 4) is 28.4 Å². The Kier molecular flexibility index (Phi) is 5.53. The van der Waals surface area contributed by atoms with E-state index in [1.165, 1.54) is 5.57 Å². The first-order valence-electron chi connectivity index (χ1n) is 10.2. The van der Waals surface area contributed by atoms with Crippen LogP contribution in [0.4, 0.5) is 0 Å². The molecule has 0 amide bonds. The van der Waals surface area contributed by atoms with E-state index in [2.05, 4.69) is 0 Å². The molecule has 0 fully saturated rings. The lowest BCUT2D eigenvalue weighted by Gasteiger charge is -2.19. The minimum absolute atomic E-state index is 0.0593. The Morgan fingerprint density at radius 2 is 1.87 bits per heavy atom. The van der Waals surface area contributed by atoms with Gasteiger partial charge in [0.1, 0.15) is 36.9 Å². The Labute approximate surface area is 175 Å². The third kappa shape index (κ3) is 3.80. The smallest absolute Gasteiger partial charge is 0.200 e. The molecular formula is C25H26O5. The predicted octanol–water partition coefficient (Wildman–Crippen LogP) is 5.45. The maximum absolute atomic E-state index is 13.4. The van der Waals surface area contributed by atoms with Gasteiger partial charge in [-0.3, -0.25) is 4.79 Å². The van der Waals surface area contributed by atoms with Crippen molar-refractivity contribution in [2.45, 2.75) is 34.1 Å². The quantitative estimate of drug-likeness (QED) is 0.528. The molecule has 1 aliphatic heterocycles. The number of aryl methyl sites for hydroxylation is 2. The third-order valence-corrected chi connectivity index (χ3v) is 5.19. The van der Waals surface area contributed by atoms with Gasteiger partial charge in [-0.1, -0.05) is 18.6 Å². The zero-order valence-electron chi connectivity index (χ0n) is 17.8. The van der Waals surface area contributed by atoms with Crippen molar-refractivity contribution in [2.24, 2.45) is 0 Å². The Hall–Kier alpha value is -3.21. The van der Waals surface area contributed by atoms with E-state index in [-0.39, 0.29) is 5.43 Å². The molecule has 0 atom stereocenters. The van der Waals surface area contributed by atoms with Gasteiger partial charge in [0.05, 0.1) is 10.9 Å². The Bertz CT molecular complexity index is 1180. The average molecular weight is 406 g/mol. The summed E-state index contributed by atoms with van der Waals surface area (Å²) in [6.07, 6.45) is 2.78. The van der Waals surface area contributed by atoms with Crippen LogP contribution < -0.4 is 19.6 Å². The van der Waals surface area contributed by atoms with E-state index in [1.54, 1.807) is 0 Å². The van der Waals surface area contributed by atoms with Gasteiger partial charge >= 0.3 is 0 Å². The number of allylic oxidation sites excluding steroid dienone is 1. The molecule has 1 aliphatic rings. The number of fused-ring (bicyclic) bond motifs is 2. The molecule has 30 heavy (non-hydrogen) atoms. The number of ether oxygens (including phenoxy) is 3.